The van der Waals surface area contributed by atoms with Crippen LogP contribution >= 0.6 is 0 Å². The first-order valence-electron chi connectivity index (χ1n) is 5.57. The first kappa shape index (κ1) is 10.9. The Morgan fingerprint density at radius 2 is 1.94 bits per heavy atom. The van der Waals surface area contributed by atoms with Gasteiger partial charge in [0.15, 0.2) is 0 Å². The summed E-state index contributed by atoms with van der Waals surface area (Å²) < 4.78 is 0. The van der Waals surface area contributed by atoms with Crippen LogP contribution in [-0.4, -0.2) is 17.0 Å². The van der Waals surface area contributed by atoms with Crippen LogP contribution in [0, 0.1) is 6.92 Å². The van der Waals surface area contributed by atoms with Crippen LogP contribution in [0.2, 0.25) is 0 Å². The van der Waals surface area contributed by atoms with E-state index >= 15 is 0 Å². The van der Waals surface area contributed by atoms with E-state index in [-0.39, 0.29) is 0 Å². The number of anilines is 1. The number of aromatic nitrogens is 2. The molecule has 0 amide bonds. The van der Waals surface area contributed by atoms with Crippen LogP contribution < -0.4 is 5.32 Å². The van der Waals surface area contributed by atoms with E-state index in [9.17, 15) is 0 Å². The molecule has 0 aliphatic heterocycles. The molecule has 0 fully saturated rings. The average molecular weight is 215 g/mol. The fraction of sp³-hybridized carbons (Fsp3) is 0.385. The lowest BCUT2D eigenvalue weighted by Gasteiger charge is -2.13. The predicted molar refractivity (Wildman–Crippen MR) is 67.9 cm³/mol. The number of nitrogens with zero attached hydrogens (tertiary/aromatic N) is 2. The molecule has 1 heterocycles. The Morgan fingerprint density at radius 1 is 1.19 bits per heavy atom. The minimum atomic E-state index is 0.525. The van der Waals surface area contributed by atoms with E-state index in [0.717, 1.165) is 16.7 Å². The van der Waals surface area contributed by atoms with Crippen LogP contribution in [0.15, 0.2) is 18.5 Å². The second-order valence-electron chi connectivity index (χ2n) is 4.30. The number of fused-ring (bicyclic) bond motifs is 1. The maximum atomic E-state index is 4.38. The molecule has 3 heteroatoms. The van der Waals surface area contributed by atoms with E-state index in [4.69, 9.17) is 0 Å². The highest BCUT2D eigenvalue weighted by molar-refractivity contribution is 5.91. The molecule has 0 atom stereocenters. The lowest BCUT2D eigenvalue weighted by molar-refractivity contribution is 0.858. The van der Waals surface area contributed by atoms with Crippen LogP contribution in [0.1, 0.15) is 30.9 Å². The molecule has 16 heavy (non-hydrogen) atoms. The van der Waals surface area contributed by atoms with Crippen molar-refractivity contribution >= 4 is 16.7 Å². The standard InChI is InChI=1S/C13H17N3/c1-8(2)10-5-6-11-12(9(10)3)15-7-16-13(11)14-4/h5-8H,1-4H3,(H,14,15,16). The van der Waals surface area contributed by atoms with E-state index < -0.39 is 0 Å². The van der Waals surface area contributed by atoms with Crippen molar-refractivity contribution < 1.29 is 0 Å². The van der Waals surface area contributed by atoms with Crippen molar-refractivity contribution in [2.45, 2.75) is 26.7 Å². The fourth-order valence-electron chi connectivity index (χ4n) is 2.11. The summed E-state index contributed by atoms with van der Waals surface area (Å²) in [6.07, 6.45) is 1.62. The highest BCUT2D eigenvalue weighted by Crippen LogP contribution is 2.28. The molecule has 0 radical (unpaired) electrons. The maximum absolute atomic E-state index is 4.38. The van der Waals surface area contributed by atoms with Gasteiger partial charge in [0, 0.05) is 12.4 Å². The third-order valence-electron chi connectivity index (χ3n) is 2.96. The van der Waals surface area contributed by atoms with Gasteiger partial charge in [-0.25, -0.2) is 9.97 Å². The van der Waals surface area contributed by atoms with Gasteiger partial charge in [0.1, 0.15) is 12.1 Å². The molecule has 84 valence electrons. The Balaban J connectivity index is 2.76. The fourth-order valence-corrected chi connectivity index (χ4v) is 2.11. The lowest BCUT2D eigenvalue weighted by Crippen LogP contribution is -1.99. The lowest BCUT2D eigenvalue weighted by atomic mass is 9.96. The molecule has 2 aromatic rings. The van der Waals surface area contributed by atoms with Gasteiger partial charge in [-0.3, -0.25) is 0 Å². The maximum Gasteiger partial charge on any atom is 0.137 e. The molecule has 0 aliphatic rings. The molecule has 0 bridgehead atoms. The summed E-state index contributed by atoms with van der Waals surface area (Å²) in [6, 6.07) is 4.27. The molecule has 0 spiro atoms. The van der Waals surface area contributed by atoms with Crippen LogP contribution in [-0.2, 0) is 0 Å². The highest BCUT2D eigenvalue weighted by atomic mass is 15.0. The summed E-state index contributed by atoms with van der Waals surface area (Å²) in [5, 5.41) is 4.18. The molecule has 0 aliphatic carbocycles. The number of benzene rings is 1. The summed E-state index contributed by atoms with van der Waals surface area (Å²) in [5.74, 6) is 1.42. The quantitative estimate of drug-likeness (QED) is 0.836. The minimum absolute atomic E-state index is 0.525. The normalized spacial score (nSPS) is 11.1. The molecular formula is C13H17N3. The molecule has 1 aromatic carbocycles. The molecule has 0 saturated carbocycles. The smallest absolute Gasteiger partial charge is 0.137 e. The van der Waals surface area contributed by atoms with Gasteiger partial charge in [-0.1, -0.05) is 19.9 Å². The first-order valence-corrected chi connectivity index (χ1v) is 5.57. The van der Waals surface area contributed by atoms with E-state index in [0.29, 0.717) is 5.92 Å². The summed E-state index contributed by atoms with van der Waals surface area (Å²) in [4.78, 5) is 8.60. The Hall–Kier alpha value is -1.64. The number of hydrogen-bond donors (Lipinski definition) is 1. The van der Waals surface area contributed by atoms with Crippen LogP contribution in [0.4, 0.5) is 5.82 Å². The summed E-state index contributed by atoms with van der Waals surface area (Å²) in [6.45, 7) is 6.53. The van der Waals surface area contributed by atoms with Crippen molar-refractivity contribution in [2.75, 3.05) is 12.4 Å². The minimum Gasteiger partial charge on any atom is -0.373 e. The highest BCUT2D eigenvalue weighted by Gasteiger charge is 2.10. The summed E-state index contributed by atoms with van der Waals surface area (Å²) in [5.41, 5.74) is 3.66. The molecule has 3 nitrogen and oxygen atoms in total. The molecule has 0 unspecified atom stereocenters. The monoisotopic (exact) mass is 215 g/mol. The van der Waals surface area contributed by atoms with E-state index in [1.165, 1.54) is 11.1 Å². The third kappa shape index (κ3) is 1.62. The van der Waals surface area contributed by atoms with E-state index in [2.05, 4.69) is 48.2 Å². The molecule has 1 N–H and O–H groups in total. The largest absolute Gasteiger partial charge is 0.373 e. The van der Waals surface area contributed by atoms with Crippen molar-refractivity contribution in [1.82, 2.24) is 9.97 Å². The van der Waals surface area contributed by atoms with Gasteiger partial charge in [0.2, 0.25) is 0 Å². The van der Waals surface area contributed by atoms with Gasteiger partial charge >= 0.3 is 0 Å². The average Bonchev–Trinajstić information content (AvgIpc) is 2.28. The first-order chi connectivity index (χ1) is 7.65. The van der Waals surface area contributed by atoms with E-state index in [1.54, 1.807) is 6.33 Å². The number of nitrogens with one attached hydrogen (secondary N) is 1. The van der Waals surface area contributed by atoms with Crippen molar-refractivity contribution in [3.05, 3.63) is 29.6 Å². The zero-order chi connectivity index (χ0) is 11.7. The third-order valence-corrected chi connectivity index (χ3v) is 2.96. The van der Waals surface area contributed by atoms with Crippen molar-refractivity contribution in [1.29, 1.82) is 0 Å². The molecule has 1 aromatic heterocycles. The van der Waals surface area contributed by atoms with Crippen molar-refractivity contribution in [3.8, 4) is 0 Å². The van der Waals surface area contributed by atoms with Crippen LogP contribution in [0.5, 0.6) is 0 Å². The van der Waals surface area contributed by atoms with Gasteiger partial charge in [0.25, 0.3) is 0 Å². The second-order valence-corrected chi connectivity index (χ2v) is 4.30. The topological polar surface area (TPSA) is 37.8 Å². The SMILES string of the molecule is CNc1ncnc2c(C)c(C(C)C)ccc12. The molecule has 2 rings (SSSR count). The van der Waals surface area contributed by atoms with Crippen LogP contribution in [0.25, 0.3) is 10.9 Å². The van der Waals surface area contributed by atoms with Gasteiger partial charge in [-0.05, 0) is 30.0 Å². The molecular weight excluding hydrogens is 198 g/mol. The number of aryl methyl sites for hydroxylation is 1. The predicted octanol–water partition coefficient (Wildman–Crippen LogP) is 3.10. The van der Waals surface area contributed by atoms with Gasteiger partial charge in [0.05, 0.1) is 5.52 Å². The Bertz CT molecular complexity index is 518. The van der Waals surface area contributed by atoms with Gasteiger partial charge < -0.3 is 5.32 Å². The Kier molecular flexibility index (Phi) is 2.77. The summed E-state index contributed by atoms with van der Waals surface area (Å²) >= 11 is 0. The molecule has 0 saturated heterocycles. The number of rotatable bonds is 2. The van der Waals surface area contributed by atoms with Crippen LogP contribution in [0.3, 0.4) is 0 Å². The Labute approximate surface area is 95.9 Å². The van der Waals surface area contributed by atoms with Crippen molar-refractivity contribution in [2.24, 2.45) is 0 Å². The summed E-state index contributed by atoms with van der Waals surface area (Å²) in [7, 11) is 1.88. The Morgan fingerprint density at radius 3 is 2.56 bits per heavy atom. The van der Waals surface area contributed by atoms with Crippen molar-refractivity contribution in [3.63, 3.8) is 0 Å². The number of hydrogen-bond acceptors (Lipinski definition) is 3. The zero-order valence-electron chi connectivity index (χ0n) is 10.2. The van der Waals surface area contributed by atoms with Gasteiger partial charge in [-0.2, -0.15) is 0 Å². The van der Waals surface area contributed by atoms with Gasteiger partial charge in [-0.15, -0.1) is 0 Å². The van der Waals surface area contributed by atoms with E-state index in [1.807, 2.05) is 7.05 Å². The second kappa shape index (κ2) is 4.08. The zero-order valence-corrected chi connectivity index (χ0v) is 10.2.